The minimum absolute atomic E-state index is 0.393. The van der Waals surface area contributed by atoms with Gasteiger partial charge in [0.15, 0.2) is 0 Å². The number of pyridine rings is 1. The molecule has 0 N–H and O–H groups in total. The van der Waals surface area contributed by atoms with Crippen molar-refractivity contribution in [3.8, 4) is 11.5 Å². The van der Waals surface area contributed by atoms with Gasteiger partial charge in [0.1, 0.15) is 11.5 Å². The molecule has 1 aliphatic heterocycles. The Morgan fingerprint density at radius 3 is 2.20 bits per heavy atom. The van der Waals surface area contributed by atoms with E-state index in [1.54, 1.807) is 24.5 Å². The molecule has 0 unspecified atom stereocenters. The lowest BCUT2D eigenvalue weighted by molar-refractivity contribution is 0.00578. The molecule has 132 valence electrons. The molecule has 0 radical (unpaired) electrons. The first-order valence-corrected chi connectivity index (χ1v) is 8.87. The number of benzene rings is 1. The molecule has 25 heavy (non-hydrogen) atoms. The third kappa shape index (κ3) is 3.54. The Kier molecular flexibility index (Phi) is 4.84. The van der Waals surface area contributed by atoms with Gasteiger partial charge in [0.05, 0.1) is 17.4 Å². The summed E-state index contributed by atoms with van der Waals surface area (Å²) in [4.78, 5) is 4.34. The molecule has 2 aromatic rings. The van der Waals surface area contributed by atoms with E-state index in [0.717, 1.165) is 17.4 Å². The van der Waals surface area contributed by atoms with Gasteiger partial charge in [-0.1, -0.05) is 18.5 Å². The molecular formula is C19H23BClNO3. The summed E-state index contributed by atoms with van der Waals surface area (Å²) in [6.45, 7) is 10.2. The standard InChI is InChI=1S/C19H23BClNO3/c1-6-15-16(20-24-18(2,3)19(4,5)25-20)11-22-12-17(15)23-14-9-7-13(21)8-10-14/h7-12H,6H2,1-5H3. The van der Waals surface area contributed by atoms with Gasteiger partial charge in [0.2, 0.25) is 0 Å². The largest absolute Gasteiger partial charge is 0.496 e. The van der Waals surface area contributed by atoms with Gasteiger partial charge in [-0.3, -0.25) is 4.98 Å². The molecular weight excluding hydrogens is 336 g/mol. The second kappa shape index (κ2) is 6.63. The third-order valence-electron chi connectivity index (χ3n) is 4.95. The van der Waals surface area contributed by atoms with E-state index < -0.39 is 18.3 Å². The van der Waals surface area contributed by atoms with Crippen molar-refractivity contribution in [2.75, 3.05) is 0 Å². The fourth-order valence-corrected chi connectivity index (χ4v) is 2.88. The zero-order valence-electron chi connectivity index (χ0n) is 15.3. The van der Waals surface area contributed by atoms with Crippen LogP contribution >= 0.6 is 11.6 Å². The summed E-state index contributed by atoms with van der Waals surface area (Å²) in [6, 6.07) is 7.27. The zero-order chi connectivity index (χ0) is 18.2. The van der Waals surface area contributed by atoms with E-state index in [0.29, 0.717) is 16.5 Å². The van der Waals surface area contributed by atoms with E-state index in [2.05, 4.69) is 11.9 Å². The number of hydrogen-bond acceptors (Lipinski definition) is 4. The first-order valence-electron chi connectivity index (χ1n) is 8.49. The number of nitrogens with zero attached hydrogens (tertiary/aromatic N) is 1. The second-order valence-electron chi connectivity index (χ2n) is 7.20. The molecule has 4 nitrogen and oxygen atoms in total. The van der Waals surface area contributed by atoms with Crippen molar-refractivity contribution < 1.29 is 14.0 Å². The summed E-state index contributed by atoms with van der Waals surface area (Å²) >= 11 is 5.94. The Morgan fingerprint density at radius 1 is 1.04 bits per heavy atom. The quantitative estimate of drug-likeness (QED) is 0.759. The summed E-state index contributed by atoms with van der Waals surface area (Å²) in [5.74, 6) is 1.42. The van der Waals surface area contributed by atoms with Crippen molar-refractivity contribution in [2.24, 2.45) is 0 Å². The molecule has 1 aliphatic rings. The molecule has 3 rings (SSSR count). The molecule has 0 aliphatic carbocycles. The summed E-state index contributed by atoms with van der Waals surface area (Å²) in [5.41, 5.74) is 1.15. The van der Waals surface area contributed by atoms with Crippen LogP contribution in [0, 0.1) is 0 Å². The predicted molar refractivity (Wildman–Crippen MR) is 101 cm³/mol. The predicted octanol–water partition coefficient (Wildman–Crippen LogP) is 4.39. The van der Waals surface area contributed by atoms with Crippen LogP contribution < -0.4 is 10.2 Å². The van der Waals surface area contributed by atoms with E-state index in [1.165, 1.54) is 0 Å². The molecule has 1 fully saturated rings. The molecule has 6 heteroatoms. The number of aromatic nitrogens is 1. The maximum absolute atomic E-state index is 6.18. The van der Waals surface area contributed by atoms with Crippen LogP contribution in [0.15, 0.2) is 36.7 Å². The first kappa shape index (κ1) is 18.2. The Bertz CT molecular complexity index is 746. The van der Waals surface area contributed by atoms with E-state index in [-0.39, 0.29) is 0 Å². The minimum atomic E-state index is -0.457. The summed E-state index contributed by atoms with van der Waals surface area (Å²) < 4.78 is 18.4. The number of halogens is 1. The summed E-state index contributed by atoms with van der Waals surface area (Å²) in [7, 11) is -0.457. The summed E-state index contributed by atoms with van der Waals surface area (Å²) in [5, 5.41) is 0.673. The fourth-order valence-electron chi connectivity index (χ4n) is 2.75. The normalized spacial score (nSPS) is 18.4. The maximum Gasteiger partial charge on any atom is 0.496 e. The minimum Gasteiger partial charge on any atom is -0.455 e. The van der Waals surface area contributed by atoms with Crippen molar-refractivity contribution >= 4 is 24.2 Å². The lowest BCUT2D eigenvalue weighted by Gasteiger charge is -2.32. The molecule has 1 aromatic carbocycles. The highest BCUT2D eigenvalue weighted by molar-refractivity contribution is 6.62. The average Bonchev–Trinajstić information content (AvgIpc) is 2.77. The molecule has 1 aromatic heterocycles. The molecule has 0 atom stereocenters. The second-order valence-corrected chi connectivity index (χ2v) is 7.64. The van der Waals surface area contributed by atoms with Crippen molar-refractivity contribution in [1.82, 2.24) is 4.98 Å². The van der Waals surface area contributed by atoms with Gasteiger partial charge in [-0.05, 0) is 63.9 Å². The van der Waals surface area contributed by atoms with Gasteiger partial charge in [-0.15, -0.1) is 0 Å². The highest BCUT2D eigenvalue weighted by Gasteiger charge is 2.52. The van der Waals surface area contributed by atoms with Crippen LogP contribution in [0.5, 0.6) is 11.5 Å². The van der Waals surface area contributed by atoms with Crippen molar-refractivity contribution in [1.29, 1.82) is 0 Å². The van der Waals surface area contributed by atoms with Crippen molar-refractivity contribution in [2.45, 2.75) is 52.2 Å². The molecule has 0 bridgehead atoms. The van der Waals surface area contributed by atoms with Crippen LogP contribution in [-0.4, -0.2) is 23.3 Å². The van der Waals surface area contributed by atoms with E-state index >= 15 is 0 Å². The SMILES string of the molecule is CCc1c(Oc2ccc(Cl)cc2)cncc1B1OC(C)(C)C(C)(C)O1. The number of hydrogen-bond donors (Lipinski definition) is 0. The van der Waals surface area contributed by atoms with Gasteiger partial charge in [-0.25, -0.2) is 0 Å². The lowest BCUT2D eigenvalue weighted by atomic mass is 9.76. The Labute approximate surface area is 154 Å². The Hall–Kier alpha value is -1.56. The lowest BCUT2D eigenvalue weighted by Crippen LogP contribution is -2.41. The molecule has 1 saturated heterocycles. The van der Waals surface area contributed by atoms with Crippen LogP contribution in [-0.2, 0) is 15.7 Å². The van der Waals surface area contributed by atoms with Gasteiger partial charge >= 0.3 is 7.12 Å². The fraction of sp³-hybridized carbons (Fsp3) is 0.421. The highest BCUT2D eigenvalue weighted by atomic mass is 35.5. The monoisotopic (exact) mass is 359 g/mol. The topological polar surface area (TPSA) is 40.6 Å². The molecule has 0 spiro atoms. The zero-order valence-corrected chi connectivity index (χ0v) is 16.1. The molecule has 0 amide bonds. The molecule has 2 heterocycles. The highest BCUT2D eigenvalue weighted by Crippen LogP contribution is 2.37. The van der Waals surface area contributed by atoms with Gasteiger partial charge in [0, 0.05) is 16.7 Å². The first-order chi connectivity index (χ1) is 11.7. The third-order valence-corrected chi connectivity index (χ3v) is 5.21. The molecule has 0 saturated carbocycles. The van der Waals surface area contributed by atoms with Crippen LogP contribution in [0.4, 0.5) is 0 Å². The van der Waals surface area contributed by atoms with E-state index in [4.69, 9.17) is 25.6 Å². The van der Waals surface area contributed by atoms with Crippen molar-refractivity contribution in [3.63, 3.8) is 0 Å². The Morgan fingerprint density at radius 2 is 1.64 bits per heavy atom. The number of ether oxygens (including phenoxy) is 1. The smallest absolute Gasteiger partial charge is 0.455 e. The average molecular weight is 360 g/mol. The van der Waals surface area contributed by atoms with Gasteiger partial charge in [-0.2, -0.15) is 0 Å². The van der Waals surface area contributed by atoms with E-state index in [9.17, 15) is 0 Å². The van der Waals surface area contributed by atoms with Crippen LogP contribution in [0.25, 0.3) is 0 Å². The Balaban J connectivity index is 1.93. The van der Waals surface area contributed by atoms with Crippen LogP contribution in [0.2, 0.25) is 5.02 Å². The van der Waals surface area contributed by atoms with Crippen LogP contribution in [0.1, 0.15) is 40.2 Å². The van der Waals surface area contributed by atoms with Crippen LogP contribution in [0.3, 0.4) is 0 Å². The van der Waals surface area contributed by atoms with Gasteiger partial charge in [0.25, 0.3) is 0 Å². The number of rotatable bonds is 4. The van der Waals surface area contributed by atoms with E-state index in [1.807, 2.05) is 39.8 Å². The van der Waals surface area contributed by atoms with Gasteiger partial charge < -0.3 is 14.0 Å². The summed E-state index contributed by atoms with van der Waals surface area (Å²) in [6.07, 6.45) is 4.31. The maximum atomic E-state index is 6.18. The van der Waals surface area contributed by atoms with Crippen molar-refractivity contribution in [3.05, 3.63) is 47.2 Å².